The van der Waals surface area contributed by atoms with Gasteiger partial charge in [-0.15, -0.1) is 5.11 Å². The number of phenolic OH excluding ortho intramolecular Hbond substituents is 1. The van der Waals surface area contributed by atoms with Gasteiger partial charge in [0.15, 0.2) is 0 Å². The summed E-state index contributed by atoms with van der Waals surface area (Å²) in [6.07, 6.45) is 0. The van der Waals surface area contributed by atoms with E-state index >= 15 is 0 Å². The molecule has 3 rings (SSSR count). The second-order valence-corrected chi connectivity index (χ2v) is 6.38. The molecule has 0 heterocycles. The van der Waals surface area contributed by atoms with Crippen molar-refractivity contribution in [3.8, 4) is 11.5 Å². The smallest absolute Gasteiger partial charge is 0.870 e. The van der Waals surface area contributed by atoms with E-state index in [1.807, 2.05) is 0 Å². The molecule has 0 aromatic heterocycles. The molecule has 0 bridgehead atoms. The molecule has 122 valence electrons. The Kier molecular flexibility index (Phi) is 5.81. The summed E-state index contributed by atoms with van der Waals surface area (Å²) in [6, 6.07) is 13.3. The van der Waals surface area contributed by atoms with Crippen molar-refractivity contribution in [3.63, 3.8) is 0 Å². The molecule has 0 fully saturated rings. The van der Waals surface area contributed by atoms with E-state index in [0.29, 0.717) is 16.5 Å². The molecule has 9 heteroatoms. The van der Waals surface area contributed by atoms with Crippen LogP contribution in [0.4, 0.5) is 11.4 Å². The fraction of sp³-hybridized carbons (Fsp3) is 0. The molecular formula is C16H11N2NaO5S. The first kappa shape index (κ1) is 19.4. The summed E-state index contributed by atoms with van der Waals surface area (Å²) in [7, 11) is -4.28. The van der Waals surface area contributed by atoms with E-state index < -0.39 is 21.6 Å². The van der Waals surface area contributed by atoms with E-state index in [1.165, 1.54) is 30.3 Å². The summed E-state index contributed by atoms with van der Waals surface area (Å²) in [5.74, 6) is -1.07. The zero-order valence-electron chi connectivity index (χ0n) is 13.1. The normalized spacial score (nSPS) is 11.6. The van der Waals surface area contributed by atoms with Crippen molar-refractivity contribution in [2.24, 2.45) is 10.2 Å². The Bertz CT molecular complexity index is 1050. The Balaban J connectivity index is 0.00000225. The van der Waals surface area contributed by atoms with Crippen molar-refractivity contribution in [1.82, 2.24) is 0 Å². The van der Waals surface area contributed by atoms with Crippen LogP contribution in [0.25, 0.3) is 10.8 Å². The minimum Gasteiger partial charge on any atom is -0.870 e. The van der Waals surface area contributed by atoms with E-state index in [2.05, 4.69) is 10.2 Å². The number of nitrogens with zero attached hydrogens (tertiary/aromatic N) is 2. The summed E-state index contributed by atoms with van der Waals surface area (Å²) in [4.78, 5) is -0.267. The molecule has 0 atom stereocenters. The average molecular weight is 366 g/mol. The molecule has 0 aliphatic heterocycles. The molecular weight excluding hydrogens is 355 g/mol. The minimum atomic E-state index is -4.28. The Morgan fingerprint density at radius 3 is 2.24 bits per heavy atom. The number of azo groups is 1. The minimum absolute atomic E-state index is 0. The monoisotopic (exact) mass is 366 g/mol. The third kappa shape index (κ3) is 4.17. The van der Waals surface area contributed by atoms with Crippen LogP contribution in [-0.2, 0) is 10.1 Å². The van der Waals surface area contributed by atoms with Gasteiger partial charge in [0.25, 0.3) is 10.1 Å². The van der Waals surface area contributed by atoms with Gasteiger partial charge in [-0.1, -0.05) is 36.1 Å². The topological polar surface area (TPSA) is 122 Å². The Hall–Kier alpha value is -1.97. The Labute approximate surface area is 165 Å². The maximum absolute atomic E-state index is 11.8. The van der Waals surface area contributed by atoms with Gasteiger partial charge < -0.3 is 10.2 Å². The first-order chi connectivity index (χ1) is 11.4. The molecule has 0 aliphatic carbocycles. The predicted molar refractivity (Wildman–Crippen MR) is 85.5 cm³/mol. The van der Waals surface area contributed by atoms with Crippen LogP contribution in [0, 0.1) is 0 Å². The fourth-order valence-electron chi connectivity index (χ4n) is 2.19. The van der Waals surface area contributed by atoms with Crippen molar-refractivity contribution in [2.45, 2.75) is 4.90 Å². The van der Waals surface area contributed by atoms with Gasteiger partial charge in [0.05, 0.1) is 10.6 Å². The molecule has 0 aliphatic rings. The fourth-order valence-corrected chi connectivity index (χ4v) is 2.67. The summed E-state index contributed by atoms with van der Waals surface area (Å²) < 4.78 is 30.9. The van der Waals surface area contributed by atoms with Crippen LogP contribution < -0.4 is 34.7 Å². The number of hydrogen-bond acceptors (Lipinski definition) is 6. The van der Waals surface area contributed by atoms with Crippen LogP contribution in [0.3, 0.4) is 0 Å². The summed E-state index contributed by atoms with van der Waals surface area (Å²) >= 11 is 0. The van der Waals surface area contributed by atoms with Gasteiger partial charge in [0.2, 0.25) is 0 Å². The van der Waals surface area contributed by atoms with Gasteiger partial charge in [-0.05, 0) is 29.7 Å². The van der Waals surface area contributed by atoms with Crippen molar-refractivity contribution < 1.29 is 52.7 Å². The number of aromatic hydroxyl groups is 1. The summed E-state index contributed by atoms with van der Waals surface area (Å²) in [6.45, 7) is 0. The largest absolute Gasteiger partial charge is 1.00 e. The van der Waals surface area contributed by atoms with Crippen molar-refractivity contribution in [1.29, 1.82) is 0 Å². The quantitative estimate of drug-likeness (QED) is 0.392. The first-order valence-corrected chi connectivity index (χ1v) is 8.21. The molecule has 2 N–H and O–H groups in total. The molecule has 0 saturated heterocycles. The van der Waals surface area contributed by atoms with E-state index in [4.69, 9.17) is 4.55 Å². The molecule has 0 saturated carbocycles. The SMILES string of the molecule is O=S(=O)(O)c1ccc(N=Nc2c(O)c([O-])cc3ccccc23)cc1.[Na+]. The zero-order chi connectivity index (χ0) is 17.3. The molecule has 0 radical (unpaired) electrons. The second-order valence-electron chi connectivity index (χ2n) is 4.96. The van der Waals surface area contributed by atoms with Crippen LogP contribution in [0.5, 0.6) is 11.5 Å². The number of hydrogen-bond donors (Lipinski definition) is 2. The maximum Gasteiger partial charge on any atom is 1.00 e. The first-order valence-electron chi connectivity index (χ1n) is 6.77. The van der Waals surface area contributed by atoms with Gasteiger partial charge in [0, 0.05) is 5.39 Å². The van der Waals surface area contributed by atoms with E-state index in [-0.39, 0.29) is 40.1 Å². The number of fused-ring (bicyclic) bond motifs is 1. The molecule has 25 heavy (non-hydrogen) atoms. The summed E-state index contributed by atoms with van der Waals surface area (Å²) in [5, 5.41) is 30.7. The predicted octanol–water partition coefficient (Wildman–Crippen LogP) is 0.285. The molecule has 0 amide bonds. The third-order valence-corrected chi connectivity index (χ3v) is 4.23. The van der Waals surface area contributed by atoms with Crippen LogP contribution in [0.15, 0.2) is 69.7 Å². The van der Waals surface area contributed by atoms with Gasteiger partial charge in [-0.3, -0.25) is 4.55 Å². The second kappa shape index (κ2) is 7.51. The maximum atomic E-state index is 11.8. The van der Waals surface area contributed by atoms with Crippen LogP contribution >= 0.6 is 0 Å². The van der Waals surface area contributed by atoms with Crippen molar-refractivity contribution in [3.05, 3.63) is 54.6 Å². The van der Waals surface area contributed by atoms with Crippen LogP contribution in [0.1, 0.15) is 0 Å². The van der Waals surface area contributed by atoms with Gasteiger partial charge in [-0.2, -0.15) is 13.5 Å². The standard InChI is InChI=1S/C16H12N2O5S.Na/c19-14-9-10-3-1-2-4-13(10)15(16(14)20)18-17-11-5-7-12(8-6-11)24(21,22)23;/h1-9,19-20H,(H,21,22,23);/q;+1/p-1. The van der Waals surface area contributed by atoms with E-state index in [0.717, 1.165) is 0 Å². The van der Waals surface area contributed by atoms with E-state index in [9.17, 15) is 18.6 Å². The Morgan fingerprint density at radius 1 is 0.960 bits per heavy atom. The van der Waals surface area contributed by atoms with Crippen molar-refractivity contribution in [2.75, 3.05) is 0 Å². The number of benzene rings is 3. The molecule has 7 nitrogen and oxygen atoms in total. The van der Waals surface area contributed by atoms with Gasteiger partial charge >= 0.3 is 29.6 Å². The molecule has 3 aromatic carbocycles. The van der Waals surface area contributed by atoms with Crippen LogP contribution in [0.2, 0.25) is 0 Å². The van der Waals surface area contributed by atoms with E-state index in [1.54, 1.807) is 24.3 Å². The van der Waals surface area contributed by atoms with Gasteiger partial charge in [-0.25, -0.2) is 0 Å². The van der Waals surface area contributed by atoms with Crippen LogP contribution in [-0.4, -0.2) is 18.1 Å². The average Bonchev–Trinajstić information content (AvgIpc) is 2.55. The molecule has 0 spiro atoms. The number of rotatable bonds is 3. The Morgan fingerprint density at radius 2 is 1.60 bits per heavy atom. The number of phenols is 1. The summed E-state index contributed by atoms with van der Waals surface area (Å²) in [5.41, 5.74) is 0.333. The molecule has 3 aromatic rings. The zero-order valence-corrected chi connectivity index (χ0v) is 15.9. The van der Waals surface area contributed by atoms with Crippen molar-refractivity contribution >= 4 is 32.3 Å². The third-order valence-electron chi connectivity index (χ3n) is 3.36. The molecule has 0 unspecified atom stereocenters. The van der Waals surface area contributed by atoms with Gasteiger partial charge in [0.1, 0.15) is 11.4 Å².